The summed E-state index contributed by atoms with van der Waals surface area (Å²) >= 11 is 2.29. The molecule has 0 saturated carbocycles. The Kier molecular flexibility index (Phi) is 6.65. The van der Waals surface area contributed by atoms with Gasteiger partial charge in [-0.3, -0.25) is 4.79 Å². The minimum absolute atomic E-state index is 0.0175. The van der Waals surface area contributed by atoms with E-state index in [-0.39, 0.29) is 17.9 Å². The molecule has 0 radical (unpaired) electrons. The van der Waals surface area contributed by atoms with Crippen molar-refractivity contribution in [3.63, 3.8) is 0 Å². The molecule has 2 atom stereocenters. The van der Waals surface area contributed by atoms with Gasteiger partial charge in [0.15, 0.2) is 0 Å². The van der Waals surface area contributed by atoms with Gasteiger partial charge in [-0.05, 0) is 65.6 Å². The minimum Gasteiger partial charge on any atom is -0.456 e. The number of carbonyl (C=O) groups is 1. The molecule has 0 spiro atoms. The number of amides is 1. The maximum absolute atomic E-state index is 13.0. The molecule has 1 amide bonds. The fourth-order valence-electron chi connectivity index (χ4n) is 3.88. The van der Waals surface area contributed by atoms with Crippen LogP contribution in [0.25, 0.3) is 11.3 Å². The number of imidazole rings is 1. The summed E-state index contributed by atoms with van der Waals surface area (Å²) in [7, 11) is 0. The molecule has 3 aromatic rings. The number of rotatable bonds is 6. The molecule has 0 aliphatic carbocycles. The molecule has 0 unspecified atom stereocenters. The highest BCUT2D eigenvalue weighted by Crippen LogP contribution is 2.35. The van der Waals surface area contributed by atoms with E-state index in [0.717, 1.165) is 51.5 Å². The number of hydrogen-bond donors (Lipinski definition) is 1. The molecule has 1 aromatic heterocycles. The van der Waals surface area contributed by atoms with Crippen molar-refractivity contribution >= 4 is 28.5 Å². The van der Waals surface area contributed by atoms with Gasteiger partial charge >= 0.3 is 0 Å². The third-order valence-corrected chi connectivity index (χ3v) is 6.94. The van der Waals surface area contributed by atoms with Crippen LogP contribution in [0.1, 0.15) is 45.5 Å². The standard InChI is InChI=1S/C25H28IN3O2/c1-16(2)17(3)25(30)29-13-7-10-22(29)24-27-15-21(28-24)18-11-12-20(26)23(14-18)31-19-8-5-4-6-9-19/h4-6,8-9,11-12,14-17,22H,7,10,13H2,1-3H3,(H,27,28)/t17-,22-/m0/s1. The summed E-state index contributed by atoms with van der Waals surface area (Å²) in [5, 5.41) is 0. The first-order valence-corrected chi connectivity index (χ1v) is 11.9. The van der Waals surface area contributed by atoms with Crippen molar-refractivity contribution in [2.75, 3.05) is 6.54 Å². The predicted octanol–water partition coefficient (Wildman–Crippen LogP) is 6.43. The number of carbonyl (C=O) groups excluding carboxylic acids is 1. The van der Waals surface area contributed by atoms with Gasteiger partial charge in [0.25, 0.3) is 0 Å². The van der Waals surface area contributed by atoms with Crippen molar-refractivity contribution in [2.45, 2.75) is 39.7 Å². The average molecular weight is 529 g/mol. The molecular formula is C25H28IN3O2. The summed E-state index contributed by atoms with van der Waals surface area (Å²) in [5.74, 6) is 3.05. The van der Waals surface area contributed by atoms with Crippen molar-refractivity contribution in [1.82, 2.24) is 14.9 Å². The maximum Gasteiger partial charge on any atom is 0.226 e. The molecule has 6 heteroatoms. The lowest BCUT2D eigenvalue weighted by Crippen LogP contribution is -2.36. The van der Waals surface area contributed by atoms with Crippen LogP contribution in [0.3, 0.4) is 0 Å². The first-order valence-electron chi connectivity index (χ1n) is 10.8. The Morgan fingerprint density at radius 1 is 1.19 bits per heavy atom. The quantitative estimate of drug-likeness (QED) is 0.375. The summed E-state index contributed by atoms with van der Waals surface area (Å²) in [6, 6.07) is 15.9. The van der Waals surface area contributed by atoms with E-state index in [1.807, 2.05) is 60.5 Å². The molecule has 1 saturated heterocycles. The van der Waals surface area contributed by atoms with Crippen molar-refractivity contribution < 1.29 is 9.53 Å². The SMILES string of the molecule is CC(C)[C@H](C)C(=O)N1CCC[C@H]1c1ncc(-c2ccc(I)c(Oc3ccccc3)c2)[nH]1. The van der Waals surface area contributed by atoms with Crippen molar-refractivity contribution in [3.8, 4) is 22.8 Å². The smallest absolute Gasteiger partial charge is 0.226 e. The summed E-state index contributed by atoms with van der Waals surface area (Å²) in [6.07, 6.45) is 3.81. The Labute approximate surface area is 197 Å². The summed E-state index contributed by atoms with van der Waals surface area (Å²) < 4.78 is 7.12. The highest BCUT2D eigenvalue weighted by Gasteiger charge is 2.34. The zero-order valence-electron chi connectivity index (χ0n) is 18.1. The lowest BCUT2D eigenvalue weighted by Gasteiger charge is -2.27. The molecule has 2 heterocycles. The number of aromatic nitrogens is 2. The molecule has 162 valence electrons. The largest absolute Gasteiger partial charge is 0.456 e. The van der Waals surface area contributed by atoms with E-state index in [9.17, 15) is 4.79 Å². The Balaban J connectivity index is 1.56. The van der Waals surface area contributed by atoms with Gasteiger partial charge in [-0.25, -0.2) is 4.98 Å². The second kappa shape index (κ2) is 9.42. The lowest BCUT2D eigenvalue weighted by atomic mass is 9.96. The van der Waals surface area contributed by atoms with Crippen molar-refractivity contribution in [3.05, 3.63) is 64.1 Å². The number of nitrogens with one attached hydrogen (secondary N) is 1. The van der Waals surface area contributed by atoms with Crippen LogP contribution in [-0.4, -0.2) is 27.3 Å². The number of benzene rings is 2. The Bertz CT molecular complexity index is 1050. The second-order valence-corrected chi connectivity index (χ2v) is 9.63. The van der Waals surface area contributed by atoms with Crippen LogP contribution in [0, 0.1) is 15.4 Å². The number of ether oxygens (including phenoxy) is 1. The minimum atomic E-state index is 0.0175. The normalized spacial score (nSPS) is 17.2. The van der Waals surface area contributed by atoms with Crippen LogP contribution < -0.4 is 4.74 Å². The third-order valence-electron chi connectivity index (χ3n) is 6.05. The van der Waals surface area contributed by atoms with Gasteiger partial charge < -0.3 is 14.6 Å². The van der Waals surface area contributed by atoms with E-state index in [1.54, 1.807) is 0 Å². The van der Waals surface area contributed by atoms with Gasteiger partial charge in [-0.1, -0.05) is 45.0 Å². The molecule has 31 heavy (non-hydrogen) atoms. The Morgan fingerprint density at radius 3 is 2.71 bits per heavy atom. The molecule has 1 fully saturated rings. The van der Waals surface area contributed by atoms with Crippen LogP contribution in [0.15, 0.2) is 54.7 Å². The highest BCUT2D eigenvalue weighted by atomic mass is 127. The number of nitrogens with zero attached hydrogens (tertiary/aromatic N) is 2. The van der Waals surface area contributed by atoms with E-state index < -0.39 is 0 Å². The van der Waals surface area contributed by atoms with Gasteiger partial charge in [0.1, 0.15) is 17.3 Å². The predicted molar refractivity (Wildman–Crippen MR) is 131 cm³/mol. The van der Waals surface area contributed by atoms with E-state index in [2.05, 4.69) is 52.5 Å². The molecule has 4 rings (SSSR count). The van der Waals surface area contributed by atoms with Crippen LogP contribution in [0.2, 0.25) is 0 Å². The first-order chi connectivity index (χ1) is 14.9. The van der Waals surface area contributed by atoms with Crippen LogP contribution in [0.4, 0.5) is 0 Å². The first kappa shape index (κ1) is 21.9. The van der Waals surface area contributed by atoms with Crippen molar-refractivity contribution in [2.24, 2.45) is 11.8 Å². The van der Waals surface area contributed by atoms with Crippen LogP contribution in [0.5, 0.6) is 11.5 Å². The van der Waals surface area contributed by atoms with Crippen LogP contribution in [-0.2, 0) is 4.79 Å². The second-order valence-electron chi connectivity index (χ2n) is 8.46. The van der Waals surface area contributed by atoms with Crippen LogP contribution >= 0.6 is 22.6 Å². The Morgan fingerprint density at radius 2 is 1.97 bits per heavy atom. The maximum atomic E-state index is 13.0. The molecule has 0 bridgehead atoms. The van der Waals surface area contributed by atoms with Gasteiger partial charge in [-0.2, -0.15) is 0 Å². The highest BCUT2D eigenvalue weighted by molar-refractivity contribution is 14.1. The number of para-hydroxylation sites is 1. The number of hydrogen-bond acceptors (Lipinski definition) is 3. The van der Waals surface area contributed by atoms with Gasteiger partial charge in [0.05, 0.1) is 21.5 Å². The van der Waals surface area contributed by atoms with Gasteiger partial charge in [0, 0.05) is 18.0 Å². The number of likely N-dealkylation sites (tertiary alicyclic amines) is 1. The van der Waals surface area contributed by atoms with E-state index in [0.29, 0.717) is 5.92 Å². The topological polar surface area (TPSA) is 58.2 Å². The monoisotopic (exact) mass is 529 g/mol. The fourth-order valence-corrected chi connectivity index (χ4v) is 4.32. The molecule has 1 aliphatic rings. The van der Waals surface area contributed by atoms with Gasteiger partial charge in [-0.15, -0.1) is 0 Å². The average Bonchev–Trinajstić information content (AvgIpc) is 3.44. The van der Waals surface area contributed by atoms with Gasteiger partial charge in [0.2, 0.25) is 5.91 Å². The molecular weight excluding hydrogens is 501 g/mol. The fraction of sp³-hybridized carbons (Fsp3) is 0.360. The number of aromatic amines is 1. The zero-order chi connectivity index (χ0) is 22.0. The Hall–Kier alpha value is -2.35. The summed E-state index contributed by atoms with van der Waals surface area (Å²) in [6.45, 7) is 7.03. The summed E-state index contributed by atoms with van der Waals surface area (Å²) in [5.41, 5.74) is 1.94. The third kappa shape index (κ3) is 4.79. The molecule has 1 N–H and O–H groups in total. The molecule has 1 aliphatic heterocycles. The molecule has 2 aromatic carbocycles. The van der Waals surface area contributed by atoms with E-state index in [4.69, 9.17) is 4.74 Å². The zero-order valence-corrected chi connectivity index (χ0v) is 20.3. The summed E-state index contributed by atoms with van der Waals surface area (Å²) in [4.78, 5) is 23.1. The van der Waals surface area contributed by atoms with Crippen molar-refractivity contribution in [1.29, 1.82) is 0 Å². The van der Waals surface area contributed by atoms with E-state index >= 15 is 0 Å². The van der Waals surface area contributed by atoms with E-state index in [1.165, 1.54) is 0 Å². The number of halogens is 1. The number of H-pyrrole nitrogens is 1. The lowest BCUT2D eigenvalue weighted by molar-refractivity contribution is -0.137. The molecule has 5 nitrogen and oxygen atoms in total.